The molecule has 1 aromatic carbocycles. The van der Waals surface area contributed by atoms with E-state index in [-0.39, 0.29) is 5.97 Å². The van der Waals surface area contributed by atoms with Crippen LogP contribution in [0.2, 0.25) is 0 Å². The van der Waals surface area contributed by atoms with Gasteiger partial charge in [0.2, 0.25) is 5.91 Å². The first kappa shape index (κ1) is 13.4. The number of nitrogens with one attached hydrogen (secondary N) is 1. The molecule has 1 aliphatic carbocycles. The van der Waals surface area contributed by atoms with E-state index in [1.54, 1.807) is 0 Å². The lowest BCUT2D eigenvalue weighted by Gasteiger charge is -2.14. The van der Waals surface area contributed by atoms with Crippen molar-refractivity contribution < 1.29 is 14.3 Å². The number of hydrogen-bond acceptors (Lipinski definition) is 4. The van der Waals surface area contributed by atoms with Crippen LogP contribution in [0.25, 0.3) is 0 Å². The van der Waals surface area contributed by atoms with Crippen LogP contribution in [0.5, 0.6) is 0 Å². The molecular formula is C14H18N2O3. The predicted octanol–water partition coefficient (Wildman–Crippen LogP) is 0.935. The molecule has 1 fully saturated rings. The Kier molecular flexibility index (Phi) is 3.46. The fourth-order valence-corrected chi connectivity index (χ4v) is 2.58. The molecule has 0 spiro atoms. The number of anilines is 1. The molecule has 0 heterocycles. The molecule has 5 heteroatoms. The van der Waals surface area contributed by atoms with Gasteiger partial charge in [-0.05, 0) is 30.5 Å². The standard InChI is InChI=1S/C14H18N2O3/c1-16-10-5-3-4-9(6-10)7-14(13(18)19-2)8-11(14)12(15)17/h3-6,11,16H,7-8H2,1-2H3,(H2,15,17)/t11?,14-/m0/s1. The van der Waals surface area contributed by atoms with Gasteiger partial charge in [0.1, 0.15) is 0 Å². The lowest BCUT2D eigenvalue weighted by molar-refractivity contribution is -0.148. The van der Waals surface area contributed by atoms with E-state index < -0.39 is 17.2 Å². The summed E-state index contributed by atoms with van der Waals surface area (Å²) >= 11 is 0. The van der Waals surface area contributed by atoms with Crippen LogP contribution >= 0.6 is 0 Å². The van der Waals surface area contributed by atoms with E-state index in [4.69, 9.17) is 10.5 Å². The van der Waals surface area contributed by atoms with Gasteiger partial charge in [0.05, 0.1) is 18.4 Å². The number of esters is 1. The van der Waals surface area contributed by atoms with Crippen LogP contribution in [0, 0.1) is 11.3 Å². The summed E-state index contributed by atoms with van der Waals surface area (Å²) in [5, 5.41) is 3.04. The number of nitrogens with two attached hydrogens (primary N) is 1. The first-order chi connectivity index (χ1) is 9.03. The van der Waals surface area contributed by atoms with Gasteiger partial charge in [-0.2, -0.15) is 0 Å². The molecule has 0 aromatic heterocycles. The van der Waals surface area contributed by atoms with Crippen molar-refractivity contribution in [3.8, 4) is 0 Å². The third-order valence-electron chi connectivity index (χ3n) is 3.75. The molecular weight excluding hydrogens is 244 g/mol. The monoisotopic (exact) mass is 262 g/mol. The van der Waals surface area contributed by atoms with Crippen molar-refractivity contribution in [3.05, 3.63) is 29.8 Å². The highest BCUT2D eigenvalue weighted by Gasteiger charge is 2.63. The number of carbonyl (C=O) groups is 2. The minimum Gasteiger partial charge on any atom is -0.469 e. The van der Waals surface area contributed by atoms with Gasteiger partial charge in [-0.3, -0.25) is 9.59 Å². The number of primary amides is 1. The van der Waals surface area contributed by atoms with E-state index in [1.807, 2.05) is 31.3 Å². The molecule has 0 aliphatic heterocycles. The fraction of sp³-hybridized carbons (Fsp3) is 0.429. The highest BCUT2D eigenvalue weighted by molar-refractivity contribution is 5.93. The van der Waals surface area contributed by atoms with Crippen molar-refractivity contribution in [2.24, 2.45) is 17.1 Å². The average Bonchev–Trinajstić information content (AvgIpc) is 3.14. The molecule has 2 atom stereocenters. The van der Waals surface area contributed by atoms with Crippen LogP contribution in [0.1, 0.15) is 12.0 Å². The van der Waals surface area contributed by atoms with Crippen LogP contribution < -0.4 is 11.1 Å². The molecule has 0 radical (unpaired) electrons. The summed E-state index contributed by atoms with van der Waals surface area (Å²) in [7, 11) is 3.17. The minimum absolute atomic E-state index is 0.355. The highest BCUT2D eigenvalue weighted by Crippen LogP contribution is 2.55. The minimum atomic E-state index is -0.771. The number of hydrogen-bond donors (Lipinski definition) is 2. The van der Waals surface area contributed by atoms with Gasteiger partial charge in [0.25, 0.3) is 0 Å². The van der Waals surface area contributed by atoms with Crippen molar-refractivity contribution >= 4 is 17.6 Å². The third-order valence-corrected chi connectivity index (χ3v) is 3.75. The number of rotatable bonds is 5. The van der Waals surface area contributed by atoms with Crippen molar-refractivity contribution in [2.75, 3.05) is 19.5 Å². The van der Waals surface area contributed by atoms with E-state index in [0.717, 1.165) is 11.3 Å². The summed E-state index contributed by atoms with van der Waals surface area (Å²) in [5.41, 5.74) is 6.50. The van der Waals surface area contributed by atoms with E-state index in [2.05, 4.69) is 5.32 Å². The van der Waals surface area contributed by atoms with Crippen molar-refractivity contribution in [3.63, 3.8) is 0 Å². The summed E-state index contributed by atoms with van der Waals surface area (Å²) in [6.07, 6.45) is 0.946. The smallest absolute Gasteiger partial charge is 0.312 e. The first-order valence-electron chi connectivity index (χ1n) is 6.18. The predicted molar refractivity (Wildman–Crippen MR) is 71.4 cm³/mol. The van der Waals surface area contributed by atoms with E-state index in [0.29, 0.717) is 12.8 Å². The van der Waals surface area contributed by atoms with Gasteiger partial charge in [-0.25, -0.2) is 0 Å². The summed E-state index contributed by atoms with van der Waals surface area (Å²) < 4.78 is 4.82. The third kappa shape index (κ3) is 2.41. The van der Waals surface area contributed by atoms with E-state index in [9.17, 15) is 9.59 Å². The zero-order chi connectivity index (χ0) is 14.0. The van der Waals surface area contributed by atoms with Gasteiger partial charge in [-0.15, -0.1) is 0 Å². The largest absolute Gasteiger partial charge is 0.469 e. The van der Waals surface area contributed by atoms with E-state index in [1.165, 1.54) is 7.11 Å². The summed E-state index contributed by atoms with van der Waals surface area (Å²) in [6, 6.07) is 7.74. The van der Waals surface area contributed by atoms with Crippen LogP contribution in [-0.2, 0) is 20.7 Å². The maximum Gasteiger partial charge on any atom is 0.312 e. The van der Waals surface area contributed by atoms with Crippen molar-refractivity contribution in [1.29, 1.82) is 0 Å². The molecule has 1 unspecified atom stereocenters. The molecule has 5 nitrogen and oxygen atoms in total. The number of methoxy groups -OCH3 is 1. The molecule has 1 aliphatic rings. The molecule has 102 valence electrons. The van der Waals surface area contributed by atoms with Gasteiger partial charge >= 0.3 is 5.97 Å². The molecule has 1 amide bonds. The van der Waals surface area contributed by atoms with Gasteiger partial charge < -0.3 is 15.8 Å². The number of benzene rings is 1. The zero-order valence-corrected chi connectivity index (χ0v) is 11.1. The second-order valence-electron chi connectivity index (χ2n) is 4.93. The summed E-state index contributed by atoms with van der Waals surface area (Å²) in [4.78, 5) is 23.2. The Morgan fingerprint density at radius 2 is 2.26 bits per heavy atom. The van der Waals surface area contributed by atoms with Crippen LogP contribution in [0.3, 0.4) is 0 Å². The first-order valence-corrected chi connectivity index (χ1v) is 6.18. The number of carbonyl (C=O) groups excluding carboxylic acids is 2. The fourth-order valence-electron chi connectivity index (χ4n) is 2.58. The normalized spacial score (nSPS) is 24.6. The van der Waals surface area contributed by atoms with Crippen LogP contribution in [-0.4, -0.2) is 26.0 Å². The lowest BCUT2D eigenvalue weighted by Crippen LogP contribution is -2.28. The van der Waals surface area contributed by atoms with Gasteiger partial charge in [0, 0.05) is 12.7 Å². The van der Waals surface area contributed by atoms with Gasteiger partial charge in [-0.1, -0.05) is 12.1 Å². The highest BCUT2D eigenvalue weighted by atomic mass is 16.5. The Morgan fingerprint density at radius 3 is 2.79 bits per heavy atom. The maximum atomic E-state index is 11.9. The SMILES string of the molecule is CNc1cccc(C[C@]2(C(=O)OC)CC2C(N)=O)c1. The Labute approximate surface area is 112 Å². The van der Waals surface area contributed by atoms with Crippen LogP contribution in [0.4, 0.5) is 5.69 Å². The van der Waals surface area contributed by atoms with Crippen molar-refractivity contribution in [2.45, 2.75) is 12.8 Å². The number of amides is 1. The Morgan fingerprint density at radius 1 is 1.53 bits per heavy atom. The Hall–Kier alpha value is -2.04. The van der Waals surface area contributed by atoms with Crippen LogP contribution in [0.15, 0.2) is 24.3 Å². The molecule has 3 N–H and O–H groups in total. The Balaban J connectivity index is 2.23. The molecule has 0 bridgehead atoms. The number of ether oxygens (including phenoxy) is 1. The molecule has 1 aromatic rings. The molecule has 1 saturated carbocycles. The Bertz CT molecular complexity index is 515. The second-order valence-corrected chi connectivity index (χ2v) is 4.93. The quantitative estimate of drug-likeness (QED) is 0.774. The molecule has 0 saturated heterocycles. The second kappa shape index (κ2) is 4.91. The van der Waals surface area contributed by atoms with E-state index >= 15 is 0 Å². The van der Waals surface area contributed by atoms with Gasteiger partial charge in [0.15, 0.2) is 0 Å². The maximum absolute atomic E-state index is 11.9. The average molecular weight is 262 g/mol. The molecule has 2 rings (SSSR count). The summed E-state index contributed by atoms with van der Waals surface area (Å²) in [6.45, 7) is 0. The topological polar surface area (TPSA) is 81.4 Å². The molecule has 19 heavy (non-hydrogen) atoms. The zero-order valence-electron chi connectivity index (χ0n) is 11.1. The summed E-state index contributed by atoms with van der Waals surface area (Å²) in [5.74, 6) is -1.21. The van der Waals surface area contributed by atoms with Crippen molar-refractivity contribution in [1.82, 2.24) is 0 Å². The lowest BCUT2D eigenvalue weighted by atomic mass is 9.93.